The van der Waals surface area contributed by atoms with Crippen LogP contribution >= 0.6 is 24.0 Å². The van der Waals surface area contributed by atoms with Gasteiger partial charge in [0.15, 0.2) is 5.96 Å². The maximum Gasteiger partial charge on any atom is 0.191 e. The summed E-state index contributed by atoms with van der Waals surface area (Å²) in [5, 5.41) is 0. The van der Waals surface area contributed by atoms with E-state index in [0.29, 0.717) is 0 Å². The summed E-state index contributed by atoms with van der Waals surface area (Å²) in [4.78, 5) is 11.5. The predicted octanol–water partition coefficient (Wildman–Crippen LogP) is 2.57. The lowest BCUT2D eigenvalue weighted by Crippen LogP contribution is -2.38. The monoisotopic (exact) mass is 417 g/mol. The van der Waals surface area contributed by atoms with Crippen molar-refractivity contribution < 1.29 is 0 Å². The molecule has 1 fully saturated rings. The Hall–Kier alpha value is -0.790. The van der Waals surface area contributed by atoms with Crippen molar-refractivity contribution in [3.63, 3.8) is 0 Å². The highest BCUT2D eigenvalue weighted by atomic mass is 127. The van der Waals surface area contributed by atoms with Gasteiger partial charge in [0.2, 0.25) is 0 Å². The number of hydrogen-bond donors (Lipinski definition) is 1. The van der Waals surface area contributed by atoms with Gasteiger partial charge in [-0.15, -0.1) is 24.0 Å². The first-order chi connectivity index (χ1) is 10.3. The Bertz CT molecular complexity index is 465. The number of nitrogens with two attached hydrogens (primary N) is 1. The zero-order valence-corrected chi connectivity index (χ0v) is 15.7. The molecule has 1 aromatic heterocycles. The molecule has 22 heavy (non-hydrogen) atoms. The maximum atomic E-state index is 6.13. The predicted molar refractivity (Wildman–Crippen MR) is 101 cm³/mol. The highest BCUT2D eigenvalue weighted by Gasteiger charge is 2.13. The SMILES string of the molecule is I.NC(=NCCc1cn2c(n1)CCCC2)N1CCCCCC1. The smallest absolute Gasteiger partial charge is 0.191 e. The van der Waals surface area contributed by atoms with E-state index in [9.17, 15) is 0 Å². The van der Waals surface area contributed by atoms with Gasteiger partial charge in [-0.05, 0) is 25.7 Å². The third-order valence-electron chi connectivity index (χ3n) is 4.53. The zero-order valence-electron chi connectivity index (χ0n) is 13.3. The molecule has 0 radical (unpaired) electrons. The van der Waals surface area contributed by atoms with Crippen LogP contribution in [0.15, 0.2) is 11.2 Å². The summed E-state index contributed by atoms with van der Waals surface area (Å²) in [6.07, 6.45) is 11.9. The third-order valence-corrected chi connectivity index (χ3v) is 4.53. The number of aliphatic imine (C=N–C) groups is 1. The number of aromatic nitrogens is 2. The average molecular weight is 417 g/mol. The number of aryl methyl sites for hydroxylation is 2. The number of fused-ring (bicyclic) bond motifs is 1. The van der Waals surface area contributed by atoms with Crippen LogP contribution in [0, 0.1) is 0 Å². The van der Waals surface area contributed by atoms with Crippen molar-refractivity contribution in [2.24, 2.45) is 10.7 Å². The van der Waals surface area contributed by atoms with E-state index >= 15 is 0 Å². The standard InChI is InChI=1S/C16H27N5.HI/c17-16(20-10-4-1-2-5-11-20)18-9-8-14-13-21-12-6-3-7-15(21)19-14;/h13H,1-12H2,(H2,17,18);1H. The average Bonchev–Trinajstić information content (AvgIpc) is 2.71. The van der Waals surface area contributed by atoms with E-state index in [0.717, 1.165) is 45.0 Å². The van der Waals surface area contributed by atoms with Crippen molar-refractivity contribution >= 4 is 29.9 Å². The van der Waals surface area contributed by atoms with E-state index in [-0.39, 0.29) is 24.0 Å². The lowest BCUT2D eigenvalue weighted by Gasteiger charge is -2.20. The summed E-state index contributed by atoms with van der Waals surface area (Å²) in [5.41, 5.74) is 7.30. The highest BCUT2D eigenvalue weighted by Crippen LogP contribution is 2.15. The van der Waals surface area contributed by atoms with Gasteiger partial charge in [-0.2, -0.15) is 0 Å². The molecule has 0 saturated carbocycles. The number of imidazole rings is 1. The summed E-state index contributed by atoms with van der Waals surface area (Å²) in [5.74, 6) is 1.97. The third kappa shape index (κ3) is 4.60. The molecule has 2 aliphatic heterocycles. The number of guanidine groups is 1. The van der Waals surface area contributed by atoms with Crippen LogP contribution in [0.25, 0.3) is 0 Å². The van der Waals surface area contributed by atoms with Gasteiger partial charge in [0.05, 0.1) is 5.69 Å². The molecule has 2 aliphatic rings. The molecule has 0 bridgehead atoms. The molecule has 6 heteroatoms. The van der Waals surface area contributed by atoms with Crippen LogP contribution in [0.1, 0.15) is 50.0 Å². The van der Waals surface area contributed by atoms with Crippen molar-refractivity contribution in [2.75, 3.05) is 19.6 Å². The summed E-state index contributed by atoms with van der Waals surface area (Å²) in [6, 6.07) is 0. The minimum Gasteiger partial charge on any atom is -0.370 e. The van der Waals surface area contributed by atoms with Crippen molar-refractivity contribution in [2.45, 2.75) is 57.9 Å². The van der Waals surface area contributed by atoms with Crippen LogP contribution in [0.2, 0.25) is 0 Å². The molecular weight excluding hydrogens is 389 g/mol. The quantitative estimate of drug-likeness (QED) is 0.467. The van der Waals surface area contributed by atoms with E-state index in [1.807, 2.05) is 0 Å². The maximum absolute atomic E-state index is 6.13. The molecule has 1 saturated heterocycles. The van der Waals surface area contributed by atoms with E-state index in [1.165, 1.54) is 50.0 Å². The molecule has 0 atom stereocenters. The van der Waals surface area contributed by atoms with Gasteiger partial charge in [0.25, 0.3) is 0 Å². The van der Waals surface area contributed by atoms with Gasteiger partial charge < -0.3 is 15.2 Å². The number of hydrogen-bond acceptors (Lipinski definition) is 2. The topological polar surface area (TPSA) is 59.4 Å². The van der Waals surface area contributed by atoms with E-state index < -0.39 is 0 Å². The zero-order chi connectivity index (χ0) is 14.5. The fraction of sp³-hybridized carbons (Fsp3) is 0.750. The number of halogens is 1. The van der Waals surface area contributed by atoms with Gasteiger partial charge in [-0.1, -0.05) is 12.8 Å². The Morgan fingerprint density at radius 3 is 2.55 bits per heavy atom. The Labute approximate surface area is 150 Å². The van der Waals surface area contributed by atoms with Gasteiger partial charge in [-0.25, -0.2) is 4.98 Å². The molecule has 3 rings (SSSR count). The van der Waals surface area contributed by atoms with Crippen LogP contribution in [0.3, 0.4) is 0 Å². The molecular formula is C16H28IN5. The lowest BCUT2D eigenvalue weighted by atomic mass is 10.2. The minimum absolute atomic E-state index is 0. The molecule has 124 valence electrons. The first-order valence-electron chi connectivity index (χ1n) is 8.43. The molecule has 0 spiro atoms. The molecule has 1 aromatic rings. The number of likely N-dealkylation sites (tertiary alicyclic amines) is 1. The highest BCUT2D eigenvalue weighted by molar-refractivity contribution is 14.0. The van der Waals surface area contributed by atoms with Crippen LogP contribution in [-0.4, -0.2) is 40.0 Å². The van der Waals surface area contributed by atoms with E-state index in [2.05, 4.69) is 20.7 Å². The number of rotatable bonds is 3. The van der Waals surface area contributed by atoms with Crippen LogP contribution in [0.5, 0.6) is 0 Å². The first-order valence-corrected chi connectivity index (χ1v) is 8.43. The number of nitrogens with zero attached hydrogens (tertiary/aromatic N) is 4. The Morgan fingerprint density at radius 2 is 1.82 bits per heavy atom. The van der Waals surface area contributed by atoms with Crippen LogP contribution in [-0.2, 0) is 19.4 Å². The molecule has 0 unspecified atom stereocenters. The molecule has 0 amide bonds. The molecule has 0 aliphatic carbocycles. The summed E-state index contributed by atoms with van der Waals surface area (Å²) < 4.78 is 2.31. The van der Waals surface area contributed by atoms with Gasteiger partial charge in [-0.3, -0.25) is 4.99 Å². The molecule has 5 nitrogen and oxygen atoms in total. The second-order valence-electron chi connectivity index (χ2n) is 6.19. The van der Waals surface area contributed by atoms with Crippen molar-refractivity contribution in [3.05, 3.63) is 17.7 Å². The molecule has 2 N–H and O–H groups in total. The molecule has 0 aromatic carbocycles. The van der Waals surface area contributed by atoms with Gasteiger partial charge >= 0.3 is 0 Å². The Morgan fingerprint density at radius 1 is 1.09 bits per heavy atom. The summed E-state index contributed by atoms with van der Waals surface area (Å²) in [6.45, 7) is 4.00. The fourth-order valence-corrected chi connectivity index (χ4v) is 3.28. The van der Waals surface area contributed by atoms with Gasteiger partial charge in [0, 0.05) is 45.2 Å². The van der Waals surface area contributed by atoms with Crippen molar-refractivity contribution in [1.29, 1.82) is 0 Å². The first kappa shape index (κ1) is 17.6. The van der Waals surface area contributed by atoms with Crippen molar-refractivity contribution in [3.8, 4) is 0 Å². The van der Waals surface area contributed by atoms with E-state index in [1.54, 1.807) is 0 Å². The van der Waals surface area contributed by atoms with E-state index in [4.69, 9.17) is 10.7 Å². The largest absolute Gasteiger partial charge is 0.370 e. The van der Waals surface area contributed by atoms with Crippen LogP contribution in [0.4, 0.5) is 0 Å². The Kier molecular flexibility index (Phi) is 6.98. The summed E-state index contributed by atoms with van der Waals surface area (Å²) >= 11 is 0. The van der Waals surface area contributed by atoms with Gasteiger partial charge in [0.1, 0.15) is 5.82 Å². The van der Waals surface area contributed by atoms with Crippen LogP contribution < -0.4 is 5.73 Å². The Balaban J connectivity index is 0.00000176. The summed E-state index contributed by atoms with van der Waals surface area (Å²) in [7, 11) is 0. The van der Waals surface area contributed by atoms with Crippen molar-refractivity contribution in [1.82, 2.24) is 14.5 Å². The minimum atomic E-state index is 0. The second kappa shape index (κ2) is 8.74. The second-order valence-corrected chi connectivity index (χ2v) is 6.19. The normalized spacial score (nSPS) is 19.3. The molecule has 3 heterocycles. The fourth-order valence-electron chi connectivity index (χ4n) is 3.28. The lowest BCUT2D eigenvalue weighted by molar-refractivity contribution is 0.428.